The number of hydrogen-bond donors (Lipinski definition) is 1. The average molecular weight is 189 g/mol. The van der Waals surface area contributed by atoms with Gasteiger partial charge in [-0.3, -0.25) is 0 Å². The highest BCUT2D eigenvalue weighted by Crippen LogP contribution is 2.57. The topological polar surface area (TPSA) is 20.2 Å². The summed E-state index contributed by atoms with van der Waals surface area (Å²) in [6.07, 6.45) is 4.00. The van der Waals surface area contributed by atoms with E-state index in [1.165, 1.54) is 0 Å². The zero-order chi connectivity index (χ0) is 6.65. The molecule has 0 amide bonds. The number of rotatable bonds is 0. The van der Waals surface area contributed by atoms with E-state index in [1.807, 2.05) is 13.0 Å². The fourth-order valence-electron chi connectivity index (χ4n) is 1.65. The van der Waals surface area contributed by atoms with E-state index in [-0.39, 0.29) is 0 Å². The molecule has 9 heavy (non-hydrogen) atoms. The Balaban J connectivity index is 2.26. The second-order valence-corrected chi connectivity index (χ2v) is 4.19. The molecule has 0 heterocycles. The molecule has 2 aliphatic carbocycles. The molecular formula is C7H9BrO. The van der Waals surface area contributed by atoms with Crippen molar-refractivity contribution in [1.29, 1.82) is 0 Å². The van der Waals surface area contributed by atoms with E-state index in [9.17, 15) is 5.11 Å². The molecule has 2 rings (SSSR count). The number of alkyl halides is 1. The van der Waals surface area contributed by atoms with E-state index < -0.39 is 5.60 Å². The van der Waals surface area contributed by atoms with Gasteiger partial charge in [0.15, 0.2) is 0 Å². The average Bonchev–Trinajstić information content (AvgIpc) is 2.24. The van der Waals surface area contributed by atoms with E-state index in [2.05, 4.69) is 22.0 Å². The summed E-state index contributed by atoms with van der Waals surface area (Å²) in [6, 6.07) is 0. The Morgan fingerprint density at radius 1 is 1.67 bits per heavy atom. The van der Waals surface area contributed by atoms with E-state index >= 15 is 0 Å². The van der Waals surface area contributed by atoms with E-state index in [4.69, 9.17) is 0 Å². The first-order valence-corrected chi connectivity index (χ1v) is 4.10. The van der Waals surface area contributed by atoms with Crippen molar-refractivity contribution in [3.63, 3.8) is 0 Å². The van der Waals surface area contributed by atoms with Crippen molar-refractivity contribution < 1.29 is 5.11 Å². The zero-order valence-electron chi connectivity index (χ0n) is 5.21. The number of fused-ring (bicyclic) bond motifs is 1. The molecule has 50 valence electrons. The quantitative estimate of drug-likeness (QED) is 0.450. The van der Waals surface area contributed by atoms with Crippen LogP contribution in [0.1, 0.15) is 6.92 Å². The van der Waals surface area contributed by atoms with Crippen LogP contribution in [-0.4, -0.2) is 15.5 Å². The predicted octanol–water partition coefficient (Wildman–Crippen LogP) is 1.32. The molecular weight excluding hydrogens is 180 g/mol. The third kappa shape index (κ3) is 0.635. The van der Waals surface area contributed by atoms with Crippen LogP contribution in [0.25, 0.3) is 0 Å². The Bertz CT molecular complexity index is 174. The maximum atomic E-state index is 9.56. The molecule has 0 saturated heterocycles. The third-order valence-electron chi connectivity index (χ3n) is 2.32. The van der Waals surface area contributed by atoms with Crippen molar-refractivity contribution in [2.24, 2.45) is 11.8 Å². The van der Waals surface area contributed by atoms with Crippen LogP contribution in [0.2, 0.25) is 0 Å². The summed E-state index contributed by atoms with van der Waals surface area (Å²) in [4.78, 5) is 0.539. The summed E-state index contributed by atoms with van der Waals surface area (Å²) in [5, 5.41) is 9.56. The largest absolute Gasteiger partial charge is 0.386 e. The Hall–Kier alpha value is 0.180. The van der Waals surface area contributed by atoms with Gasteiger partial charge in [-0.15, -0.1) is 0 Å². The van der Waals surface area contributed by atoms with Crippen LogP contribution in [0.4, 0.5) is 0 Å². The minimum atomic E-state index is -0.529. The first-order valence-electron chi connectivity index (χ1n) is 3.19. The molecule has 0 aliphatic heterocycles. The second kappa shape index (κ2) is 1.43. The first-order chi connectivity index (χ1) is 4.13. The van der Waals surface area contributed by atoms with Crippen LogP contribution in [0, 0.1) is 11.8 Å². The van der Waals surface area contributed by atoms with Gasteiger partial charge < -0.3 is 5.11 Å². The van der Waals surface area contributed by atoms with E-state index in [0.29, 0.717) is 16.7 Å². The summed E-state index contributed by atoms with van der Waals surface area (Å²) in [5.41, 5.74) is -0.529. The highest BCUT2D eigenvalue weighted by atomic mass is 79.9. The summed E-state index contributed by atoms with van der Waals surface area (Å²) >= 11 is 3.49. The molecule has 0 aromatic rings. The SMILES string of the molecule is C[C@@]1(O)C=C[C@H]2[C@H](Br)[C@H]21. The van der Waals surface area contributed by atoms with Crippen LogP contribution in [-0.2, 0) is 0 Å². The Morgan fingerprint density at radius 2 is 2.33 bits per heavy atom. The summed E-state index contributed by atoms with van der Waals surface area (Å²) in [5.74, 6) is 1.07. The highest BCUT2D eigenvalue weighted by molar-refractivity contribution is 9.09. The van der Waals surface area contributed by atoms with Crippen molar-refractivity contribution in [1.82, 2.24) is 0 Å². The molecule has 2 heteroatoms. The molecule has 0 bridgehead atoms. The van der Waals surface area contributed by atoms with Crippen molar-refractivity contribution in [3.8, 4) is 0 Å². The van der Waals surface area contributed by atoms with Crippen molar-refractivity contribution in [2.75, 3.05) is 0 Å². The lowest BCUT2D eigenvalue weighted by Crippen LogP contribution is -2.23. The maximum Gasteiger partial charge on any atom is 0.0844 e. The Kier molecular flexibility index (Phi) is 0.941. The molecule has 0 radical (unpaired) electrons. The molecule has 0 unspecified atom stereocenters. The fraction of sp³-hybridized carbons (Fsp3) is 0.714. The molecule has 2 aliphatic rings. The van der Waals surface area contributed by atoms with Crippen molar-refractivity contribution in [2.45, 2.75) is 17.4 Å². The van der Waals surface area contributed by atoms with Crippen LogP contribution in [0.15, 0.2) is 12.2 Å². The molecule has 0 aromatic heterocycles. The molecule has 1 nitrogen and oxygen atoms in total. The van der Waals surface area contributed by atoms with Gasteiger partial charge in [-0.2, -0.15) is 0 Å². The monoisotopic (exact) mass is 188 g/mol. The summed E-state index contributed by atoms with van der Waals surface area (Å²) < 4.78 is 0. The standard InChI is InChI=1S/C7H9BrO/c1-7(9)3-2-4-5(7)6(4)8/h2-6,9H,1H3/t4-,5+,6+,7-/m1/s1. The minimum Gasteiger partial charge on any atom is -0.386 e. The van der Waals surface area contributed by atoms with Gasteiger partial charge in [-0.1, -0.05) is 28.1 Å². The lowest BCUT2D eigenvalue weighted by Gasteiger charge is -2.14. The van der Waals surface area contributed by atoms with Gasteiger partial charge in [0.2, 0.25) is 0 Å². The molecule has 0 aromatic carbocycles. The van der Waals surface area contributed by atoms with Gasteiger partial charge >= 0.3 is 0 Å². The van der Waals surface area contributed by atoms with Crippen molar-refractivity contribution in [3.05, 3.63) is 12.2 Å². The maximum absolute atomic E-state index is 9.56. The van der Waals surface area contributed by atoms with Crippen LogP contribution in [0.3, 0.4) is 0 Å². The highest BCUT2D eigenvalue weighted by Gasteiger charge is 2.59. The number of allylic oxidation sites excluding steroid dienone is 1. The van der Waals surface area contributed by atoms with Gasteiger partial charge in [0.05, 0.1) is 5.60 Å². The molecule has 0 spiro atoms. The number of halogens is 1. The van der Waals surface area contributed by atoms with Crippen molar-refractivity contribution >= 4 is 15.9 Å². The van der Waals surface area contributed by atoms with Gasteiger partial charge in [-0.05, 0) is 12.8 Å². The Labute approximate surface area is 62.9 Å². The molecule has 1 fully saturated rings. The molecule has 4 atom stereocenters. The van der Waals surface area contributed by atoms with Gasteiger partial charge in [0.1, 0.15) is 0 Å². The number of aliphatic hydroxyl groups is 1. The molecule has 1 N–H and O–H groups in total. The van der Waals surface area contributed by atoms with Crippen LogP contribution in [0.5, 0.6) is 0 Å². The lowest BCUT2D eigenvalue weighted by atomic mass is 10.0. The normalized spacial score (nSPS) is 61.9. The first kappa shape index (κ1) is 5.93. The van der Waals surface area contributed by atoms with Gasteiger partial charge in [0, 0.05) is 10.7 Å². The predicted molar refractivity (Wildman–Crippen MR) is 39.5 cm³/mol. The van der Waals surface area contributed by atoms with Gasteiger partial charge in [0.25, 0.3) is 0 Å². The zero-order valence-corrected chi connectivity index (χ0v) is 6.80. The van der Waals surface area contributed by atoms with E-state index in [1.54, 1.807) is 0 Å². The third-order valence-corrected chi connectivity index (χ3v) is 3.50. The smallest absolute Gasteiger partial charge is 0.0844 e. The van der Waals surface area contributed by atoms with Gasteiger partial charge in [-0.25, -0.2) is 0 Å². The molecule has 1 saturated carbocycles. The Morgan fingerprint density at radius 3 is 2.56 bits per heavy atom. The van der Waals surface area contributed by atoms with Crippen LogP contribution < -0.4 is 0 Å². The summed E-state index contributed by atoms with van der Waals surface area (Å²) in [7, 11) is 0. The minimum absolute atomic E-state index is 0.456. The lowest BCUT2D eigenvalue weighted by molar-refractivity contribution is 0.0920. The number of hydrogen-bond acceptors (Lipinski definition) is 1. The van der Waals surface area contributed by atoms with E-state index in [0.717, 1.165) is 0 Å². The second-order valence-electron chi connectivity index (χ2n) is 3.13. The van der Waals surface area contributed by atoms with Crippen LogP contribution >= 0.6 is 15.9 Å². The summed E-state index contributed by atoms with van der Waals surface area (Å²) in [6.45, 7) is 1.87. The fourth-order valence-corrected chi connectivity index (χ4v) is 2.87.